The number of rotatable bonds is 2. The van der Waals surface area contributed by atoms with E-state index in [0.717, 1.165) is 9.79 Å². The zero-order valence-corrected chi connectivity index (χ0v) is 12.1. The van der Waals surface area contributed by atoms with E-state index in [1.165, 1.54) is 17.8 Å². The van der Waals surface area contributed by atoms with E-state index in [-0.39, 0.29) is 17.8 Å². The van der Waals surface area contributed by atoms with Crippen molar-refractivity contribution in [2.75, 3.05) is 7.11 Å². The molecule has 21 heavy (non-hydrogen) atoms. The maximum atomic E-state index is 12.4. The fraction of sp³-hybridized carbons (Fsp3) is 0.125. The molecule has 1 heterocycles. The number of carbonyl (C=O) groups excluding carboxylic acids is 1. The molecule has 0 spiro atoms. The molecule has 1 aliphatic rings. The normalized spacial score (nSPS) is 13.1. The number of methoxy groups -OCH3 is 1. The number of ketones is 1. The Balaban J connectivity index is 2.15. The number of aromatic carboxylic acids is 1. The quantitative estimate of drug-likeness (QED) is 0.922. The highest BCUT2D eigenvalue weighted by atomic mass is 32.2. The van der Waals surface area contributed by atoms with Crippen LogP contribution in [0, 0.1) is 0 Å². The standard InChI is InChI=1S/C16H12O4S/c1-20-9-5-6-15-12(7-9)13(17)8-11-10(16(18)19)3-2-4-14(11)21-15/h2-7H,8H2,1H3,(H,18,19). The minimum Gasteiger partial charge on any atom is -0.497 e. The maximum Gasteiger partial charge on any atom is 0.336 e. The summed E-state index contributed by atoms with van der Waals surface area (Å²) in [5, 5.41) is 9.28. The first-order valence-corrected chi connectivity index (χ1v) is 7.16. The number of carboxylic acids is 1. The monoisotopic (exact) mass is 300 g/mol. The van der Waals surface area contributed by atoms with Crippen LogP contribution in [0.4, 0.5) is 0 Å². The number of benzene rings is 2. The minimum atomic E-state index is -1.01. The second-order valence-corrected chi connectivity index (χ2v) is 5.74. The molecule has 0 aliphatic carbocycles. The lowest BCUT2D eigenvalue weighted by Gasteiger charge is -2.07. The molecule has 106 valence electrons. The lowest BCUT2D eigenvalue weighted by Crippen LogP contribution is -2.09. The summed E-state index contributed by atoms with van der Waals surface area (Å²) in [4.78, 5) is 25.4. The molecule has 1 N–H and O–H groups in total. The third kappa shape index (κ3) is 2.40. The molecule has 0 fully saturated rings. The molecular weight excluding hydrogens is 288 g/mol. The summed E-state index contributed by atoms with van der Waals surface area (Å²) in [5.41, 5.74) is 1.34. The fourth-order valence-corrected chi connectivity index (χ4v) is 3.47. The van der Waals surface area contributed by atoms with Gasteiger partial charge in [0.05, 0.1) is 12.7 Å². The molecule has 0 amide bonds. The molecule has 1 aliphatic heterocycles. The SMILES string of the molecule is COc1ccc2c(c1)C(=O)Cc1c(cccc1C(=O)O)S2. The van der Waals surface area contributed by atoms with Gasteiger partial charge in [-0.15, -0.1) is 0 Å². The largest absolute Gasteiger partial charge is 0.497 e. The summed E-state index contributed by atoms with van der Waals surface area (Å²) in [5.74, 6) is -0.486. The average molecular weight is 300 g/mol. The summed E-state index contributed by atoms with van der Waals surface area (Å²) in [6, 6.07) is 10.4. The predicted octanol–water partition coefficient (Wildman–Crippen LogP) is 3.28. The van der Waals surface area contributed by atoms with Gasteiger partial charge < -0.3 is 9.84 Å². The van der Waals surface area contributed by atoms with Crippen molar-refractivity contribution in [2.24, 2.45) is 0 Å². The molecule has 4 nitrogen and oxygen atoms in total. The van der Waals surface area contributed by atoms with Gasteiger partial charge in [0.25, 0.3) is 0 Å². The molecule has 5 heteroatoms. The summed E-state index contributed by atoms with van der Waals surface area (Å²) in [6.07, 6.45) is 0.0883. The van der Waals surface area contributed by atoms with Crippen LogP contribution in [0.15, 0.2) is 46.2 Å². The van der Waals surface area contributed by atoms with Crippen molar-refractivity contribution in [1.82, 2.24) is 0 Å². The molecule has 2 aromatic carbocycles. The van der Waals surface area contributed by atoms with Gasteiger partial charge in [0, 0.05) is 21.8 Å². The van der Waals surface area contributed by atoms with Crippen molar-refractivity contribution in [2.45, 2.75) is 16.2 Å². The van der Waals surface area contributed by atoms with Gasteiger partial charge in [0.1, 0.15) is 5.75 Å². The van der Waals surface area contributed by atoms with Gasteiger partial charge in [0.15, 0.2) is 5.78 Å². The molecular formula is C16H12O4S. The first-order chi connectivity index (χ1) is 10.1. The number of hydrogen-bond acceptors (Lipinski definition) is 4. The van der Waals surface area contributed by atoms with Gasteiger partial charge in [-0.25, -0.2) is 4.79 Å². The van der Waals surface area contributed by atoms with Crippen molar-refractivity contribution in [3.8, 4) is 5.75 Å². The number of Topliss-reactive ketones (excluding diaryl/α,β-unsaturated/α-hetero) is 1. The summed E-state index contributed by atoms with van der Waals surface area (Å²) < 4.78 is 5.15. The van der Waals surface area contributed by atoms with Crippen LogP contribution in [0.1, 0.15) is 26.3 Å². The summed E-state index contributed by atoms with van der Waals surface area (Å²) >= 11 is 1.42. The number of fused-ring (bicyclic) bond motifs is 2. The van der Waals surface area contributed by atoms with E-state index in [4.69, 9.17) is 4.74 Å². The van der Waals surface area contributed by atoms with Gasteiger partial charge in [-0.05, 0) is 35.9 Å². The second kappa shape index (κ2) is 5.26. The Morgan fingerprint density at radius 1 is 1.24 bits per heavy atom. The maximum absolute atomic E-state index is 12.4. The Morgan fingerprint density at radius 2 is 2.05 bits per heavy atom. The minimum absolute atomic E-state index is 0.0883. The topological polar surface area (TPSA) is 63.6 Å². The van der Waals surface area contributed by atoms with Crippen LogP contribution >= 0.6 is 11.8 Å². The van der Waals surface area contributed by atoms with E-state index < -0.39 is 5.97 Å². The smallest absolute Gasteiger partial charge is 0.336 e. The van der Waals surface area contributed by atoms with Crippen LogP contribution in [-0.2, 0) is 6.42 Å². The molecule has 0 saturated heterocycles. The molecule has 0 bridgehead atoms. The van der Waals surface area contributed by atoms with Crippen molar-refractivity contribution in [1.29, 1.82) is 0 Å². The van der Waals surface area contributed by atoms with Crippen LogP contribution in [-0.4, -0.2) is 24.0 Å². The molecule has 0 saturated carbocycles. The Bertz CT molecular complexity index is 752. The average Bonchev–Trinajstić information content (AvgIpc) is 2.62. The van der Waals surface area contributed by atoms with E-state index in [1.54, 1.807) is 25.3 Å². The highest BCUT2D eigenvalue weighted by molar-refractivity contribution is 7.99. The highest BCUT2D eigenvalue weighted by Gasteiger charge is 2.24. The predicted molar refractivity (Wildman–Crippen MR) is 78.6 cm³/mol. The van der Waals surface area contributed by atoms with Crippen LogP contribution in [0.5, 0.6) is 5.75 Å². The van der Waals surface area contributed by atoms with Crippen LogP contribution < -0.4 is 4.74 Å². The van der Waals surface area contributed by atoms with Crippen molar-refractivity contribution >= 4 is 23.5 Å². The lowest BCUT2D eigenvalue weighted by atomic mass is 9.99. The molecule has 0 atom stereocenters. The second-order valence-electron chi connectivity index (χ2n) is 4.65. The van der Waals surface area contributed by atoms with Crippen LogP contribution in [0.2, 0.25) is 0 Å². The van der Waals surface area contributed by atoms with E-state index in [1.807, 2.05) is 12.1 Å². The number of carboxylic acid groups (broad SMARTS) is 1. The molecule has 3 rings (SSSR count). The zero-order valence-electron chi connectivity index (χ0n) is 11.3. The third-order valence-corrected chi connectivity index (χ3v) is 4.59. The number of hydrogen-bond donors (Lipinski definition) is 1. The van der Waals surface area contributed by atoms with E-state index in [2.05, 4.69) is 0 Å². The molecule has 0 unspecified atom stereocenters. The molecule has 0 radical (unpaired) electrons. The van der Waals surface area contributed by atoms with Crippen LogP contribution in [0.3, 0.4) is 0 Å². The van der Waals surface area contributed by atoms with Crippen molar-refractivity contribution < 1.29 is 19.4 Å². The van der Waals surface area contributed by atoms with Gasteiger partial charge in [-0.1, -0.05) is 17.8 Å². The summed E-state index contributed by atoms with van der Waals surface area (Å²) in [7, 11) is 1.55. The van der Waals surface area contributed by atoms with Gasteiger partial charge in [-0.3, -0.25) is 4.79 Å². The Hall–Kier alpha value is -2.27. The zero-order chi connectivity index (χ0) is 15.0. The molecule has 2 aromatic rings. The first-order valence-electron chi connectivity index (χ1n) is 6.34. The first kappa shape index (κ1) is 13.7. The van der Waals surface area contributed by atoms with Crippen LogP contribution in [0.25, 0.3) is 0 Å². The Morgan fingerprint density at radius 3 is 2.76 bits per heavy atom. The van der Waals surface area contributed by atoms with E-state index in [0.29, 0.717) is 16.9 Å². The summed E-state index contributed by atoms with van der Waals surface area (Å²) in [6.45, 7) is 0. The fourth-order valence-electron chi connectivity index (χ4n) is 2.36. The lowest BCUT2D eigenvalue weighted by molar-refractivity contribution is 0.0695. The Labute approximate surface area is 125 Å². The van der Waals surface area contributed by atoms with Gasteiger partial charge >= 0.3 is 5.97 Å². The van der Waals surface area contributed by atoms with Crippen molar-refractivity contribution in [3.63, 3.8) is 0 Å². The van der Waals surface area contributed by atoms with Gasteiger partial charge in [-0.2, -0.15) is 0 Å². The Kier molecular flexibility index (Phi) is 3.43. The van der Waals surface area contributed by atoms with Gasteiger partial charge in [0.2, 0.25) is 0 Å². The van der Waals surface area contributed by atoms with E-state index >= 15 is 0 Å². The number of carbonyl (C=O) groups is 2. The third-order valence-electron chi connectivity index (χ3n) is 3.41. The number of ether oxygens (including phenoxy) is 1. The highest BCUT2D eigenvalue weighted by Crippen LogP contribution is 2.39. The molecule has 0 aromatic heterocycles. The van der Waals surface area contributed by atoms with Crippen molar-refractivity contribution in [3.05, 3.63) is 53.1 Å². The van der Waals surface area contributed by atoms with E-state index in [9.17, 15) is 14.7 Å².